The fourth-order valence-corrected chi connectivity index (χ4v) is 4.30. The van der Waals surface area contributed by atoms with Gasteiger partial charge in [0.1, 0.15) is 29.2 Å². The predicted octanol–water partition coefficient (Wildman–Crippen LogP) is 2.55. The summed E-state index contributed by atoms with van der Waals surface area (Å²) >= 11 is 0. The van der Waals surface area contributed by atoms with Gasteiger partial charge in [-0.15, -0.1) is 0 Å². The number of sulfonamides is 1. The number of nitrogens with one attached hydrogen (secondary N) is 3. The molecule has 0 amide bonds. The third kappa shape index (κ3) is 3.94. The Morgan fingerprint density at radius 2 is 1.83 bits per heavy atom. The standard InChI is InChI=1S/C18H18N8O2S/c1-12-18(13(2)24-23-12)29(27,28)25-15-5-3-14(4-6-15)22-16-9-17(21-10-20-16)26-8-7-19-11-26/h3-11,25H,1-2H3,(H,23,24)(H,20,21,22). The first kappa shape index (κ1) is 18.6. The quantitative estimate of drug-likeness (QED) is 0.445. The normalized spacial score (nSPS) is 11.4. The summed E-state index contributed by atoms with van der Waals surface area (Å²) in [5.41, 5.74) is 2.10. The third-order valence-electron chi connectivity index (χ3n) is 4.16. The molecule has 148 valence electrons. The highest BCUT2D eigenvalue weighted by atomic mass is 32.2. The van der Waals surface area contributed by atoms with Gasteiger partial charge in [-0.1, -0.05) is 0 Å². The molecule has 0 aliphatic carbocycles. The topological polar surface area (TPSA) is 130 Å². The average Bonchev–Trinajstić information content (AvgIpc) is 3.34. The Morgan fingerprint density at radius 3 is 2.48 bits per heavy atom. The summed E-state index contributed by atoms with van der Waals surface area (Å²) in [5.74, 6) is 1.27. The monoisotopic (exact) mass is 410 g/mol. The van der Waals surface area contributed by atoms with Crippen LogP contribution in [0.25, 0.3) is 5.82 Å². The Morgan fingerprint density at radius 1 is 1.07 bits per heavy atom. The molecule has 0 unspecified atom stereocenters. The summed E-state index contributed by atoms with van der Waals surface area (Å²) in [6, 6.07) is 8.63. The Balaban J connectivity index is 1.50. The molecule has 0 radical (unpaired) electrons. The number of hydrogen-bond acceptors (Lipinski definition) is 7. The van der Waals surface area contributed by atoms with Gasteiger partial charge < -0.3 is 5.32 Å². The maximum absolute atomic E-state index is 12.6. The van der Waals surface area contributed by atoms with E-state index in [1.807, 2.05) is 0 Å². The number of hydrogen-bond donors (Lipinski definition) is 3. The van der Waals surface area contributed by atoms with Crippen molar-refractivity contribution in [1.29, 1.82) is 0 Å². The van der Waals surface area contributed by atoms with Crippen LogP contribution in [0, 0.1) is 13.8 Å². The van der Waals surface area contributed by atoms with E-state index in [1.54, 1.807) is 67.5 Å². The van der Waals surface area contributed by atoms with Gasteiger partial charge in [0.05, 0.1) is 11.4 Å². The average molecular weight is 410 g/mol. The highest BCUT2D eigenvalue weighted by Gasteiger charge is 2.22. The SMILES string of the molecule is Cc1n[nH]c(C)c1S(=O)(=O)Nc1ccc(Nc2cc(-n3ccnc3)ncn2)cc1. The van der Waals surface area contributed by atoms with E-state index in [0.717, 1.165) is 5.69 Å². The van der Waals surface area contributed by atoms with Gasteiger partial charge in [-0.2, -0.15) is 5.10 Å². The predicted molar refractivity (Wildman–Crippen MR) is 108 cm³/mol. The van der Waals surface area contributed by atoms with E-state index in [1.165, 1.54) is 6.33 Å². The largest absolute Gasteiger partial charge is 0.340 e. The number of benzene rings is 1. The number of imidazole rings is 1. The molecule has 0 aliphatic rings. The Bertz CT molecular complexity index is 1210. The highest BCUT2D eigenvalue weighted by Crippen LogP contribution is 2.23. The van der Waals surface area contributed by atoms with Gasteiger partial charge in [0.25, 0.3) is 10.0 Å². The fraction of sp³-hybridized carbons (Fsp3) is 0.111. The summed E-state index contributed by atoms with van der Waals surface area (Å²) in [6.07, 6.45) is 6.56. The molecule has 10 nitrogen and oxygen atoms in total. The van der Waals surface area contributed by atoms with E-state index in [4.69, 9.17) is 0 Å². The second-order valence-corrected chi connectivity index (χ2v) is 7.92. The molecular weight excluding hydrogens is 392 g/mol. The molecule has 4 aromatic rings. The lowest BCUT2D eigenvalue weighted by Gasteiger charge is -2.10. The molecule has 3 aromatic heterocycles. The van der Waals surface area contributed by atoms with Crippen LogP contribution in [0.15, 0.2) is 60.3 Å². The van der Waals surface area contributed by atoms with Crippen LogP contribution in [0.3, 0.4) is 0 Å². The zero-order chi connectivity index (χ0) is 20.4. The number of anilines is 3. The van der Waals surface area contributed by atoms with Crippen molar-refractivity contribution in [2.75, 3.05) is 10.0 Å². The van der Waals surface area contributed by atoms with E-state index < -0.39 is 10.0 Å². The molecule has 0 saturated heterocycles. The minimum absolute atomic E-state index is 0.160. The van der Waals surface area contributed by atoms with Crippen LogP contribution in [0.1, 0.15) is 11.4 Å². The first-order valence-corrected chi connectivity index (χ1v) is 10.1. The van der Waals surface area contributed by atoms with E-state index in [-0.39, 0.29) is 4.90 Å². The van der Waals surface area contributed by atoms with Crippen LogP contribution in [-0.2, 0) is 10.0 Å². The summed E-state index contributed by atoms with van der Waals surface area (Å²) in [7, 11) is -3.73. The van der Waals surface area contributed by atoms with Crippen LogP contribution in [0.5, 0.6) is 0 Å². The van der Waals surface area contributed by atoms with Crippen molar-refractivity contribution in [2.24, 2.45) is 0 Å². The van der Waals surface area contributed by atoms with Gasteiger partial charge in [0.15, 0.2) is 0 Å². The fourth-order valence-electron chi connectivity index (χ4n) is 2.86. The van der Waals surface area contributed by atoms with Gasteiger partial charge in [-0.25, -0.2) is 23.4 Å². The van der Waals surface area contributed by atoms with Crippen LogP contribution < -0.4 is 10.0 Å². The molecule has 0 bridgehead atoms. The zero-order valence-corrected chi connectivity index (χ0v) is 16.5. The van der Waals surface area contributed by atoms with Gasteiger partial charge in [0, 0.05) is 29.8 Å². The summed E-state index contributed by atoms with van der Waals surface area (Å²) in [5, 5.41) is 9.79. The highest BCUT2D eigenvalue weighted by molar-refractivity contribution is 7.92. The van der Waals surface area contributed by atoms with Crippen LogP contribution in [0.2, 0.25) is 0 Å². The number of nitrogens with zero attached hydrogens (tertiary/aromatic N) is 5. The smallest absolute Gasteiger partial charge is 0.265 e. The van der Waals surface area contributed by atoms with Crippen molar-refractivity contribution in [3.05, 3.63) is 66.8 Å². The summed E-state index contributed by atoms with van der Waals surface area (Å²) in [6.45, 7) is 3.31. The molecular formula is C18H18N8O2S. The van der Waals surface area contributed by atoms with E-state index >= 15 is 0 Å². The molecule has 3 heterocycles. The third-order valence-corrected chi connectivity index (χ3v) is 5.80. The maximum atomic E-state index is 12.6. The second-order valence-electron chi connectivity index (χ2n) is 6.30. The molecule has 29 heavy (non-hydrogen) atoms. The van der Waals surface area contributed by atoms with Crippen molar-refractivity contribution in [1.82, 2.24) is 29.7 Å². The minimum Gasteiger partial charge on any atom is -0.340 e. The van der Waals surface area contributed by atoms with E-state index in [2.05, 4.69) is 35.2 Å². The molecule has 11 heteroatoms. The van der Waals surface area contributed by atoms with Gasteiger partial charge >= 0.3 is 0 Å². The van der Waals surface area contributed by atoms with Crippen molar-refractivity contribution in [2.45, 2.75) is 18.7 Å². The number of rotatable bonds is 6. The molecule has 0 aliphatic heterocycles. The second kappa shape index (κ2) is 7.36. The molecule has 0 atom stereocenters. The van der Waals surface area contributed by atoms with Gasteiger partial charge in [-0.05, 0) is 38.1 Å². The van der Waals surface area contributed by atoms with Crippen molar-refractivity contribution in [3.63, 3.8) is 0 Å². The number of aryl methyl sites for hydroxylation is 2. The lowest BCUT2D eigenvalue weighted by Crippen LogP contribution is -2.14. The molecule has 3 N–H and O–H groups in total. The van der Waals surface area contributed by atoms with E-state index in [0.29, 0.717) is 28.7 Å². The molecule has 4 rings (SSSR count). The first-order valence-electron chi connectivity index (χ1n) is 8.64. The van der Waals surface area contributed by atoms with Crippen LogP contribution in [-0.4, -0.2) is 38.1 Å². The Kier molecular flexibility index (Phi) is 4.72. The van der Waals surface area contributed by atoms with Gasteiger partial charge in [-0.3, -0.25) is 14.4 Å². The van der Waals surface area contributed by atoms with Crippen molar-refractivity contribution in [3.8, 4) is 5.82 Å². The summed E-state index contributed by atoms with van der Waals surface area (Å²) in [4.78, 5) is 12.6. The van der Waals surface area contributed by atoms with E-state index in [9.17, 15) is 8.42 Å². The van der Waals surface area contributed by atoms with Gasteiger partial charge in [0.2, 0.25) is 0 Å². The van der Waals surface area contributed by atoms with Crippen molar-refractivity contribution >= 4 is 27.2 Å². The molecule has 0 spiro atoms. The number of H-pyrrole nitrogens is 1. The maximum Gasteiger partial charge on any atom is 0.265 e. The molecule has 0 fully saturated rings. The lowest BCUT2D eigenvalue weighted by molar-refractivity contribution is 0.600. The summed E-state index contributed by atoms with van der Waals surface area (Å²) < 4.78 is 29.6. The Hall–Kier alpha value is -3.73. The number of aromatic amines is 1. The van der Waals surface area contributed by atoms with Crippen LogP contribution >= 0.6 is 0 Å². The zero-order valence-electron chi connectivity index (χ0n) is 15.7. The first-order chi connectivity index (χ1) is 13.9. The van der Waals surface area contributed by atoms with Crippen LogP contribution in [0.4, 0.5) is 17.2 Å². The molecule has 1 aromatic carbocycles. The lowest BCUT2D eigenvalue weighted by atomic mass is 10.3. The van der Waals surface area contributed by atoms with Crippen molar-refractivity contribution < 1.29 is 8.42 Å². The molecule has 0 saturated carbocycles. The number of aromatic nitrogens is 6. The minimum atomic E-state index is -3.73. The Labute approximate surface area is 167 Å².